The van der Waals surface area contributed by atoms with Crippen molar-refractivity contribution < 1.29 is 13.6 Å². The number of hydrogen-bond acceptors (Lipinski definition) is 2. The van der Waals surface area contributed by atoms with Crippen molar-refractivity contribution in [2.75, 3.05) is 7.05 Å². The molecule has 0 bridgehead atoms. The zero-order valence-electron chi connectivity index (χ0n) is 10.3. The summed E-state index contributed by atoms with van der Waals surface area (Å²) in [5, 5.41) is 0. The van der Waals surface area contributed by atoms with Crippen LogP contribution in [0.5, 0.6) is 0 Å². The lowest BCUT2D eigenvalue weighted by atomic mass is 10.2. The van der Waals surface area contributed by atoms with E-state index in [1.807, 2.05) is 0 Å². The van der Waals surface area contributed by atoms with Gasteiger partial charge in [-0.2, -0.15) is 4.39 Å². The molecule has 0 aliphatic rings. The first-order valence-corrected chi connectivity index (χ1v) is 5.69. The number of carbonyl (C=O) groups is 1. The van der Waals surface area contributed by atoms with Crippen LogP contribution >= 0.6 is 0 Å². The number of amides is 1. The normalized spacial score (nSPS) is 10.3. The maximum Gasteiger partial charge on any atom is 0.272 e. The summed E-state index contributed by atoms with van der Waals surface area (Å²) in [5.41, 5.74) is 0.686. The maximum atomic E-state index is 13.0. The molecule has 0 aliphatic carbocycles. The monoisotopic (exact) mass is 262 g/mol. The Bertz CT molecular complexity index is 602. The highest BCUT2D eigenvalue weighted by molar-refractivity contribution is 5.92. The van der Waals surface area contributed by atoms with E-state index in [0.717, 1.165) is 0 Å². The molecule has 2 aromatic rings. The minimum atomic E-state index is -0.704. The number of aromatic nitrogens is 1. The van der Waals surface area contributed by atoms with Crippen LogP contribution in [0.1, 0.15) is 16.1 Å². The average molecular weight is 262 g/mol. The third kappa shape index (κ3) is 3.34. The molecule has 3 nitrogen and oxygen atoms in total. The second-order valence-electron chi connectivity index (χ2n) is 4.14. The van der Waals surface area contributed by atoms with Crippen LogP contribution in [0.4, 0.5) is 8.78 Å². The minimum absolute atomic E-state index is 0.0268. The van der Waals surface area contributed by atoms with Crippen LogP contribution in [-0.4, -0.2) is 22.8 Å². The zero-order chi connectivity index (χ0) is 13.8. The van der Waals surface area contributed by atoms with Crippen molar-refractivity contribution in [1.29, 1.82) is 0 Å². The van der Waals surface area contributed by atoms with E-state index < -0.39 is 11.9 Å². The Morgan fingerprint density at radius 2 is 1.95 bits per heavy atom. The topological polar surface area (TPSA) is 33.2 Å². The number of nitrogens with zero attached hydrogens (tertiary/aromatic N) is 2. The van der Waals surface area contributed by atoms with Crippen molar-refractivity contribution in [3.63, 3.8) is 0 Å². The molecule has 0 saturated heterocycles. The standard InChI is InChI=1S/C14H12F2N2O/c1-18(9-10-4-2-5-11(15)8-10)14(19)12-6-3-7-13(16)17-12/h2-8H,9H2,1H3. The quantitative estimate of drug-likeness (QED) is 0.797. The fraction of sp³-hybridized carbons (Fsp3) is 0.143. The Labute approximate surface area is 109 Å². The lowest BCUT2D eigenvalue weighted by molar-refractivity contribution is 0.0778. The van der Waals surface area contributed by atoms with Gasteiger partial charge in [0.15, 0.2) is 0 Å². The molecule has 5 heteroatoms. The second-order valence-corrected chi connectivity index (χ2v) is 4.14. The molecule has 19 heavy (non-hydrogen) atoms. The first-order chi connectivity index (χ1) is 9.06. The number of rotatable bonds is 3. The summed E-state index contributed by atoms with van der Waals surface area (Å²) in [7, 11) is 1.56. The van der Waals surface area contributed by atoms with Crippen molar-refractivity contribution in [2.24, 2.45) is 0 Å². The van der Waals surface area contributed by atoms with Gasteiger partial charge in [-0.15, -0.1) is 0 Å². The van der Waals surface area contributed by atoms with Crippen LogP contribution in [-0.2, 0) is 6.54 Å². The van der Waals surface area contributed by atoms with Crippen LogP contribution in [0.3, 0.4) is 0 Å². The first kappa shape index (κ1) is 13.1. The minimum Gasteiger partial charge on any atom is -0.336 e. The van der Waals surface area contributed by atoms with Crippen LogP contribution in [0.25, 0.3) is 0 Å². The third-order valence-electron chi connectivity index (χ3n) is 2.59. The van der Waals surface area contributed by atoms with Crippen molar-refractivity contribution in [1.82, 2.24) is 9.88 Å². The van der Waals surface area contributed by atoms with Gasteiger partial charge >= 0.3 is 0 Å². The fourth-order valence-corrected chi connectivity index (χ4v) is 1.70. The molecular weight excluding hydrogens is 250 g/mol. The van der Waals surface area contributed by atoms with Gasteiger partial charge in [0.2, 0.25) is 5.95 Å². The first-order valence-electron chi connectivity index (χ1n) is 5.69. The van der Waals surface area contributed by atoms with Crippen molar-refractivity contribution >= 4 is 5.91 Å². The van der Waals surface area contributed by atoms with Crippen LogP contribution in [0.2, 0.25) is 0 Å². The molecule has 1 aromatic heterocycles. The lowest BCUT2D eigenvalue weighted by Gasteiger charge is -2.16. The van der Waals surface area contributed by atoms with E-state index in [1.54, 1.807) is 19.2 Å². The van der Waals surface area contributed by atoms with E-state index in [0.29, 0.717) is 5.56 Å². The summed E-state index contributed by atoms with van der Waals surface area (Å²) in [6, 6.07) is 10.00. The Morgan fingerprint density at radius 1 is 1.21 bits per heavy atom. The molecule has 0 atom stereocenters. The molecule has 0 saturated carbocycles. The van der Waals surface area contributed by atoms with E-state index in [1.165, 1.54) is 35.2 Å². The number of carbonyl (C=O) groups excluding carboxylic acids is 1. The summed E-state index contributed by atoms with van der Waals surface area (Å²) in [6.45, 7) is 0.231. The van der Waals surface area contributed by atoms with E-state index in [9.17, 15) is 13.6 Å². The number of halogens is 2. The van der Waals surface area contributed by atoms with Gasteiger partial charge in [-0.3, -0.25) is 4.79 Å². The van der Waals surface area contributed by atoms with Crippen LogP contribution in [0.15, 0.2) is 42.5 Å². The molecule has 0 N–H and O–H groups in total. The van der Waals surface area contributed by atoms with Crippen molar-refractivity contribution in [2.45, 2.75) is 6.54 Å². The van der Waals surface area contributed by atoms with Gasteiger partial charge in [0.25, 0.3) is 5.91 Å². The van der Waals surface area contributed by atoms with Gasteiger partial charge in [0.05, 0.1) is 0 Å². The number of hydrogen-bond donors (Lipinski definition) is 0. The predicted octanol–water partition coefficient (Wildman–Crippen LogP) is 2.63. The SMILES string of the molecule is CN(Cc1cccc(F)c1)C(=O)c1cccc(F)n1. The van der Waals surface area contributed by atoms with Crippen LogP contribution in [0, 0.1) is 11.8 Å². The molecule has 98 valence electrons. The summed E-state index contributed by atoms with van der Waals surface area (Å²) < 4.78 is 26.0. The molecule has 1 amide bonds. The second kappa shape index (κ2) is 5.56. The van der Waals surface area contributed by atoms with E-state index in [-0.39, 0.29) is 18.1 Å². The van der Waals surface area contributed by atoms with E-state index in [2.05, 4.69) is 4.98 Å². The van der Waals surface area contributed by atoms with Crippen molar-refractivity contribution in [3.05, 3.63) is 65.5 Å². The Morgan fingerprint density at radius 3 is 2.63 bits per heavy atom. The molecule has 0 radical (unpaired) electrons. The highest BCUT2D eigenvalue weighted by Gasteiger charge is 2.14. The fourth-order valence-electron chi connectivity index (χ4n) is 1.70. The number of pyridine rings is 1. The number of benzene rings is 1. The van der Waals surface area contributed by atoms with E-state index in [4.69, 9.17) is 0 Å². The van der Waals surface area contributed by atoms with Gasteiger partial charge in [0, 0.05) is 13.6 Å². The third-order valence-corrected chi connectivity index (χ3v) is 2.59. The molecule has 0 fully saturated rings. The Balaban J connectivity index is 2.12. The summed E-state index contributed by atoms with van der Waals surface area (Å²) in [5.74, 6) is -1.48. The maximum absolute atomic E-state index is 13.0. The predicted molar refractivity (Wildman–Crippen MR) is 66.4 cm³/mol. The van der Waals surface area contributed by atoms with Gasteiger partial charge in [0.1, 0.15) is 11.5 Å². The average Bonchev–Trinajstić information content (AvgIpc) is 2.38. The summed E-state index contributed by atoms with van der Waals surface area (Å²) in [6.07, 6.45) is 0. The Kier molecular flexibility index (Phi) is 3.85. The Hall–Kier alpha value is -2.30. The zero-order valence-corrected chi connectivity index (χ0v) is 10.3. The molecular formula is C14H12F2N2O. The van der Waals surface area contributed by atoms with Gasteiger partial charge in [-0.25, -0.2) is 9.37 Å². The van der Waals surface area contributed by atoms with Crippen LogP contribution < -0.4 is 0 Å². The molecule has 0 aliphatic heterocycles. The highest BCUT2D eigenvalue weighted by atomic mass is 19.1. The molecule has 0 unspecified atom stereocenters. The van der Waals surface area contributed by atoms with E-state index >= 15 is 0 Å². The van der Waals surface area contributed by atoms with Crippen molar-refractivity contribution in [3.8, 4) is 0 Å². The lowest BCUT2D eigenvalue weighted by Crippen LogP contribution is -2.27. The molecule has 0 spiro atoms. The summed E-state index contributed by atoms with van der Waals surface area (Å²) >= 11 is 0. The smallest absolute Gasteiger partial charge is 0.272 e. The highest BCUT2D eigenvalue weighted by Crippen LogP contribution is 2.09. The molecule has 1 aromatic carbocycles. The van der Waals surface area contributed by atoms with Gasteiger partial charge in [-0.1, -0.05) is 18.2 Å². The van der Waals surface area contributed by atoms with Gasteiger partial charge < -0.3 is 4.90 Å². The largest absolute Gasteiger partial charge is 0.336 e. The molecule has 1 heterocycles. The molecule has 2 rings (SSSR count). The van der Waals surface area contributed by atoms with Gasteiger partial charge in [-0.05, 0) is 29.8 Å². The summed E-state index contributed by atoms with van der Waals surface area (Å²) in [4.78, 5) is 16.9.